The molecule has 0 spiro atoms. The number of para-hydroxylation sites is 1. The summed E-state index contributed by atoms with van der Waals surface area (Å²) in [6.07, 6.45) is -1.02. The maximum atomic E-state index is 12.8. The molecule has 0 amide bonds. The third-order valence-electron chi connectivity index (χ3n) is 4.54. The van der Waals surface area contributed by atoms with Crippen molar-refractivity contribution in [1.82, 2.24) is 4.98 Å². The summed E-state index contributed by atoms with van der Waals surface area (Å²) in [5.74, 6) is -1.03. The van der Waals surface area contributed by atoms with Gasteiger partial charge in [0.2, 0.25) is 5.78 Å². The summed E-state index contributed by atoms with van der Waals surface area (Å²) in [6, 6.07) is 13.9. The SMILES string of the molecule is Cc1[nH]c2ccccc2c1C(=O)[C@H](C)OC(=O)CCC(=O)c1ccc(Cl)cc1. The van der Waals surface area contributed by atoms with Gasteiger partial charge in [0.25, 0.3) is 0 Å². The van der Waals surface area contributed by atoms with Gasteiger partial charge in [0.1, 0.15) is 0 Å². The molecule has 3 aromatic rings. The number of esters is 1. The summed E-state index contributed by atoms with van der Waals surface area (Å²) in [6.45, 7) is 3.36. The standard InChI is InChI=1S/C22H20ClNO4/c1-13-21(17-5-3-4-6-18(17)24-13)22(27)14(2)28-20(26)12-11-19(25)15-7-9-16(23)10-8-15/h3-10,14,24H,11-12H2,1-2H3/t14-/m0/s1. The van der Waals surface area contributed by atoms with E-state index in [1.807, 2.05) is 31.2 Å². The Kier molecular flexibility index (Phi) is 5.95. The van der Waals surface area contributed by atoms with Crippen molar-refractivity contribution in [2.45, 2.75) is 32.8 Å². The summed E-state index contributed by atoms with van der Waals surface area (Å²) in [5.41, 5.74) is 2.59. The number of benzene rings is 2. The zero-order valence-corrected chi connectivity index (χ0v) is 16.4. The van der Waals surface area contributed by atoms with Crippen molar-refractivity contribution in [1.29, 1.82) is 0 Å². The molecule has 0 aliphatic rings. The topological polar surface area (TPSA) is 76.2 Å². The average molecular weight is 398 g/mol. The number of ketones is 2. The normalized spacial score (nSPS) is 12.0. The Morgan fingerprint density at radius 3 is 2.43 bits per heavy atom. The van der Waals surface area contributed by atoms with E-state index in [0.29, 0.717) is 16.1 Å². The van der Waals surface area contributed by atoms with E-state index in [1.54, 1.807) is 31.2 Å². The number of nitrogens with one attached hydrogen (secondary N) is 1. The predicted octanol–water partition coefficient (Wildman–Crippen LogP) is 4.91. The first-order chi connectivity index (χ1) is 13.4. The molecule has 5 nitrogen and oxygen atoms in total. The van der Waals surface area contributed by atoms with Crippen LogP contribution in [0.3, 0.4) is 0 Å². The molecule has 0 unspecified atom stereocenters. The van der Waals surface area contributed by atoms with Gasteiger partial charge in [-0.05, 0) is 44.2 Å². The molecule has 3 rings (SSSR count). The fraction of sp³-hybridized carbons (Fsp3) is 0.227. The van der Waals surface area contributed by atoms with Crippen LogP contribution in [0.25, 0.3) is 10.9 Å². The van der Waals surface area contributed by atoms with E-state index >= 15 is 0 Å². The van der Waals surface area contributed by atoms with E-state index < -0.39 is 12.1 Å². The van der Waals surface area contributed by atoms with E-state index in [2.05, 4.69) is 4.98 Å². The number of hydrogen-bond acceptors (Lipinski definition) is 4. The van der Waals surface area contributed by atoms with Gasteiger partial charge >= 0.3 is 5.97 Å². The third kappa shape index (κ3) is 4.31. The molecular weight excluding hydrogens is 378 g/mol. The Labute approximate surface area is 167 Å². The molecule has 0 fully saturated rings. The van der Waals surface area contributed by atoms with E-state index in [1.165, 1.54) is 0 Å². The van der Waals surface area contributed by atoms with Crippen molar-refractivity contribution in [3.05, 3.63) is 70.4 Å². The molecule has 144 valence electrons. The fourth-order valence-corrected chi connectivity index (χ4v) is 3.23. The second-order valence-electron chi connectivity index (χ2n) is 6.60. The minimum absolute atomic E-state index is 0.00743. The van der Waals surface area contributed by atoms with Gasteiger partial charge in [-0.3, -0.25) is 14.4 Å². The largest absolute Gasteiger partial charge is 0.454 e. The molecule has 0 aliphatic heterocycles. The Hall–Kier alpha value is -2.92. The molecule has 6 heteroatoms. The van der Waals surface area contributed by atoms with Gasteiger partial charge in [0.05, 0.1) is 6.42 Å². The molecular formula is C22H20ClNO4. The highest BCUT2D eigenvalue weighted by Gasteiger charge is 2.24. The number of carbonyl (C=O) groups excluding carboxylic acids is 3. The molecule has 0 radical (unpaired) electrons. The van der Waals surface area contributed by atoms with Gasteiger partial charge in [0.15, 0.2) is 11.9 Å². The summed E-state index contributed by atoms with van der Waals surface area (Å²) >= 11 is 5.80. The highest BCUT2D eigenvalue weighted by molar-refractivity contribution is 6.30. The lowest BCUT2D eigenvalue weighted by atomic mass is 10.0. The van der Waals surface area contributed by atoms with Gasteiger partial charge < -0.3 is 9.72 Å². The van der Waals surface area contributed by atoms with Gasteiger partial charge in [0, 0.05) is 39.2 Å². The number of fused-ring (bicyclic) bond motifs is 1. The summed E-state index contributed by atoms with van der Waals surface area (Å²) in [7, 11) is 0. The highest BCUT2D eigenvalue weighted by atomic mass is 35.5. The van der Waals surface area contributed by atoms with Crippen LogP contribution in [0.2, 0.25) is 5.02 Å². The Morgan fingerprint density at radius 2 is 1.71 bits per heavy atom. The van der Waals surface area contributed by atoms with E-state index in [4.69, 9.17) is 16.3 Å². The van der Waals surface area contributed by atoms with Crippen molar-refractivity contribution < 1.29 is 19.1 Å². The molecule has 1 aromatic heterocycles. The van der Waals surface area contributed by atoms with Crippen molar-refractivity contribution in [2.24, 2.45) is 0 Å². The number of hydrogen-bond donors (Lipinski definition) is 1. The van der Waals surface area contributed by atoms with Crippen LogP contribution in [0.15, 0.2) is 48.5 Å². The molecule has 28 heavy (non-hydrogen) atoms. The molecule has 0 bridgehead atoms. The molecule has 0 saturated carbocycles. The molecule has 0 aliphatic carbocycles. The zero-order valence-electron chi connectivity index (χ0n) is 15.6. The number of aryl methyl sites for hydroxylation is 1. The maximum absolute atomic E-state index is 12.8. The number of Topliss-reactive ketones (excluding diaryl/α,β-unsaturated/α-hetero) is 2. The highest BCUT2D eigenvalue weighted by Crippen LogP contribution is 2.24. The molecule has 2 aromatic carbocycles. The minimum Gasteiger partial charge on any atom is -0.454 e. The van der Waals surface area contributed by atoms with Crippen molar-refractivity contribution in [2.75, 3.05) is 0 Å². The van der Waals surface area contributed by atoms with E-state index in [0.717, 1.165) is 16.6 Å². The first-order valence-electron chi connectivity index (χ1n) is 8.96. The monoisotopic (exact) mass is 397 g/mol. The second-order valence-corrected chi connectivity index (χ2v) is 7.03. The van der Waals surface area contributed by atoms with Crippen LogP contribution in [0, 0.1) is 6.92 Å². The average Bonchev–Trinajstić information content (AvgIpc) is 3.01. The number of carbonyl (C=O) groups is 3. The summed E-state index contributed by atoms with van der Waals surface area (Å²) < 4.78 is 5.27. The maximum Gasteiger partial charge on any atom is 0.306 e. The van der Waals surface area contributed by atoms with Gasteiger partial charge in [-0.15, -0.1) is 0 Å². The van der Waals surface area contributed by atoms with Crippen LogP contribution in [-0.2, 0) is 9.53 Å². The first kappa shape index (κ1) is 19.8. The summed E-state index contributed by atoms with van der Waals surface area (Å²) in [5, 5.41) is 1.33. The number of ether oxygens (including phenoxy) is 1. The lowest BCUT2D eigenvalue weighted by Gasteiger charge is -2.12. The lowest BCUT2D eigenvalue weighted by Crippen LogP contribution is -2.25. The third-order valence-corrected chi connectivity index (χ3v) is 4.79. The zero-order chi connectivity index (χ0) is 20.3. The number of aromatic nitrogens is 1. The van der Waals surface area contributed by atoms with Crippen molar-refractivity contribution >= 4 is 40.0 Å². The Balaban J connectivity index is 1.60. The lowest BCUT2D eigenvalue weighted by molar-refractivity contribution is -0.146. The molecule has 1 atom stereocenters. The van der Waals surface area contributed by atoms with Crippen molar-refractivity contribution in [3.63, 3.8) is 0 Å². The van der Waals surface area contributed by atoms with Crippen LogP contribution in [-0.4, -0.2) is 28.6 Å². The van der Waals surface area contributed by atoms with Crippen LogP contribution >= 0.6 is 11.6 Å². The number of aromatic amines is 1. The van der Waals surface area contributed by atoms with Crippen LogP contribution < -0.4 is 0 Å². The number of H-pyrrole nitrogens is 1. The van der Waals surface area contributed by atoms with Gasteiger partial charge in [-0.25, -0.2) is 0 Å². The first-order valence-corrected chi connectivity index (χ1v) is 9.34. The summed E-state index contributed by atoms with van der Waals surface area (Å²) in [4.78, 5) is 40.2. The van der Waals surface area contributed by atoms with E-state index in [9.17, 15) is 14.4 Å². The predicted molar refractivity (Wildman–Crippen MR) is 108 cm³/mol. The minimum atomic E-state index is -0.934. The molecule has 0 saturated heterocycles. The molecule has 1 heterocycles. The molecule has 1 N–H and O–H groups in total. The Bertz CT molecular complexity index is 1040. The van der Waals surface area contributed by atoms with Crippen LogP contribution in [0.4, 0.5) is 0 Å². The smallest absolute Gasteiger partial charge is 0.306 e. The fourth-order valence-electron chi connectivity index (χ4n) is 3.10. The van der Waals surface area contributed by atoms with Crippen LogP contribution in [0.1, 0.15) is 46.2 Å². The number of rotatable bonds is 7. The van der Waals surface area contributed by atoms with Gasteiger partial charge in [-0.2, -0.15) is 0 Å². The Morgan fingerprint density at radius 1 is 1.04 bits per heavy atom. The van der Waals surface area contributed by atoms with Crippen LogP contribution in [0.5, 0.6) is 0 Å². The van der Waals surface area contributed by atoms with Gasteiger partial charge in [-0.1, -0.05) is 29.8 Å². The van der Waals surface area contributed by atoms with Crippen molar-refractivity contribution in [3.8, 4) is 0 Å². The second kappa shape index (κ2) is 8.40. The quantitative estimate of drug-likeness (QED) is 0.454. The van der Waals surface area contributed by atoms with E-state index in [-0.39, 0.29) is 24.4 Å². The number of halogens is 1.